The Morgan fingerprint density at radius 1 is 1.11 bits per heavy atom. The summed E-state index contributed by atoms with van der Waals surface area (Å²) < 4.78 is 15.7. The molecule has 0 bridgehead atoms. The van der Waals surface area contributed by atoms with Gasteiger partial charge in [-0.25, -0.2) is 9.07 Å². The standard InChI is InChI=1S/C20H15BrFN5O/c1-12(13-6-14(21)8-23-7-13)26-20(28)18-9-24-11-19-17(18)10-25-27(19)16-4-2-15(22)3-5-16/h2-12H,1H3,(H,26,28). The largest absolute Gasteiger partial charge is 0.345 e. The van der Waals surface area contributed by atoms with Gasteiger partial charge in [0.2, 0.25) is 0 Å². The predicted molar refractivity (Wildman–Crippen MR) is 107 cm³/mol. The first kappa shape index (κ1) is 18.2. The minimum Gasteiger partial charge on any atom is -0.345 e. The van der Waals surface area contributed by atoms with Crippen LogP contribution in [0.25, 0.3) is 16.6 Å². The summed E-state index contributed by atoms with van der Waals surface area (Å²) >= 11 is 3.38. The van der Waals surface area contributed by atoms with Crippen molar-refractivity contribution >= 4 is 32.7 Å². The molecule has 0 radical (unpaired) electrons. The van der Waals surface area contributed by atoms with Gasteiger partial charge in [-0.2, -0.15) is 5.10 Å². The van der Waals surface area contributed by atoms with E-state index in [0.717, 1.165) is 10.0 Å². The molecule has 3 aromatic heterocycles. The van der Waals surface area contributed by atoms with Gasteiger partial charge in [0.15, 0.2) is 0 Å². The Labute approximate surface area is 168 Å². The number of hydrogen-bond donors (Lipinski definition) is 1. The summed E-state index contributed by atoms with van der Waals surface area (Å²) in [5.74, 6) is -0.585. The van der Waals surface area contributed by atoms with E-state index in [-0.39, 0.29) is 17.8 Å². The van der Waals surface area contributed by atoms with Gasteiger partial charge in [-0.05, 0) is 58.7 Å². The zero-order chi connectivity index (χ0) is 19.7. The number of aromatic nitrogens is 4. The summed E-state index contributed by atoms with van der Waals surface area (Å²) in [5.41, 5.74) is 2.64. The third-order valence-electron chi connectivity index (χ3n) is 4.39. The minimum atomic E-state index is -0.325. The lowest BCUT2D eigenvalue weighted by Gasteiger charge is -2.14. The molecule has 8 heteroatoms. The molecule has 0 aliphatic carbocycles. The van der Waals surface area contributed by atoms with E-state index in [1.807, 2.05) is 13.0 Å². The molecule has 6 nitrogen and oxygen atoms in total. The highest BCUT2D eigenvalue weighted by Crippen LogP contribution is 2.22. The average molecular weight is 440 g/mol. The van der Waals surface area contributed by atoms with E-state index in [4.69, 9.17) is 0 Å². The van der Waals surface area contributed by atoms with Crippen LogP contribution in [0.4, 0.5) is 4.39 Å². The van der Waals surface area contributed by atoms with E-state index in [9.17, 15) is 9.18 Å². The highest BCUT2D eigenvalue weighted by Gasteiger charge is 2.17. The molecule has 1 N–H and O–H groups in total. The van der Waals surface area contributed by atoms with Crippen LogP contribution in [0, 0.1) is 5.82 Å². The number of benzene rings is 1. The van der Waals surface area contributed by atoms with Gasteiger partial charge < -0.3 is 5.32 Å². The Kier molecular flexibility index (Phi) is 4.87. The number of nitrogens with zero attached hydrogens (tertiary/aromatic N) is 4. The van der Waals surface area contributed by atoms with E-state index < -0.39 is 0 Å². The first-order valence-corrected chi connectivity index (χ1v) is 9.31. The number of nitrogens with one attached hydrogen (secondary N) is 1. The second-order valence-corrected chi connectivity index (χ2v) is 7.20. The molecule has 4 aromatic rings. The Morgan fingerprint density at radius 2 is 1.86 bits per heavy atom. The fourth-order valence-electron chi connectivity index (χ4n) is 2.93. The average Bonchev–Trinajstić information content (AvgIpc) is 3.12. The summed E-state index contributed by atoms with van der Waals surface area (Å²) in [6.45, 7) is 1.89. The molecule has 0 aliphatic rings. The molecule has 1 aromatic carbocycles. The predicted octanol–water partition coefficient (Wildman–Crippen LogP) is 4.21. The van der Waals surface area contributed by atoms with E-state index in [2.05, 4.69) is 36.3 Å². The van der Waals surface area contributed by atoms with Crippen molar-refractivity contribution in [1.82, 2.24) is 25.1 Å². The van der Waals surface area contributed by atoms with Crippen molar-refractivity contribution < 1.29 is 9.18 Å². The lowest BCUT2D eigenvalue weighted by atomic mass is 10.1. The van der Waals surface area contributed by atoms with Crippen LogP contribution in [-0.4, -0.2) is 25.7 Å². The van der Waals surface area contributed by atoms with Crippen LogP contribution in [0.2, 0.25) is 0 Å². The van der Waals surface area contributed by atoms with Crippen LogP contribution in [0.15, 0.2) is 65.8 Å². The molecular weight excluding hydrogens is 425 g/mol. The smallest absolute Gasteiger partial charge is 0.254 e. The first-order chi connectivity index (χ1) is 13.5. The van der Waals surface area contributed by atoms with Gasteiger partial charge in [0, 0.05) is 28.4 Å². The van der Waals surface area contributed by atoms with Crippen LogP contribution in [0.1, 0.15) is 28.9 Å². The van der Waals surface area contributed by atoms with E-state index in [1.54, 1.807) is 41.6 Å². The van der Waals surface area contributed by atoms with Crippen molar-refractivity contribution in [2.45, 2.75) is 13.0 Å². The van der Waals surface area contributed by atoms with E-state index in [1.165, 1.54) is 18.3 Å². The van der Waals surface area contributed by atoms with Gasteiger partial charge in [0.1, 0.15) is 5.82 Å². The van der Waals surface area contributed by atoms with Crippen molar-refractivity contribution in [2.75, 3.05) is 0 Å². The first-order valence-electron chi connectivity index (χ1n) is 8.52. The van der Waals surface area contributed by atoms with Gasteiger partial charge in [-0.1, -0.05) is 0 Å². The number of rotatable bonds is 4. The Bertz CT molecular complexity index is 1160. The number of fused-ring (bicyclic) bond motifs is 1. The summed E-state index contributed by atoms with van der Waals surface area (Å²) in [4.78, 5) is 21.2. The molecule has 1 unspecified atom stereocenters. The lowest BCUT2D eigenvalue weighted by molar-refractivity contribution is 0.0941. The third kappa shape index (κ3) is 3.50. The molecular formula is C20H15BrFN5O. The van der Waals surface area contributed by atoms with Crippen LogP contribution >= 0.6 is 15.9 Å². The molecule has 0 spiro atoms. The molecule has 0 saturated carbocycles. The molecule has 3 heterocycles. The fourth-order valence-corrected chi connectivity index (χ4v) is 3.32. The lowest BCUT2D eigenvalue weighted by Crippen LogP contribution is -2.27. The zero-order valence-electron chi connectivity index (χ0n) is 14.8. The molecule has 1 amide bonds. The van der Waals surface area contributed by atoms with Crippen molar-refractivity contribution in [1.29, 1.82) is 0 Å². The van der Waals surface area contributed by atoms with Gasteiger partial charge in [0.25, 0.3) is 5.91 Å². The highest BCUT2D eigenvalue weighted by atomic mass is 79.9. The Morgan fingerprint density at radius 3 is 2.61 bits per heavy atom. The maximum Gasteiger partial charge on any atom is 0.254 e. The molecule has 0 fully saturated rings. The quantitative estimate of drug-likeness (QED) is 0.516. The number of hydrogen-bond acceptors (Lipinski definition) is 4. The summed E-state index contributed by atoms with van der Waals surface area (Å²) in [7, 11) is 0. The molecule has 0 saturated heterocycles. The zero-order valence-corrected chi connectivity index (χ0v) is 16.4. The Hall–Kier alpha value is -3.13. The second-order valence-electron chi connectivity index (χ2n) is 6.28. The van der Waals surface area contributed by atoms with Gasteiger partial charge >= 0.3 is 0 Å². The second kappa shape index (κ2) is 7.47. The summed E-state index contributed by atoms with van der Waals surface area (Å²) in [5, 5.41) is 7.97. The number of amides is 1. The maximum absolute atomic E-state index is 13.2. The minimum absolute atomic E-state index is 0.236. The summed E-state index contributed by atoms with van der Waals surface area (Å²) in [6, 6.07) is 7.64. The number of halogens is 2. The van der Waals surface area contributed by atoms with E-state index in [0.29, 0.717) is 22.2 Å². The monoisotopic (exact) mass is 439 g/mol. The van der Waals surface area contributed by atoms with Crippen LogP contribution < -0.4 is 5.32 Å². The molecule has 1 atom stereocenters. The van der Waals surface area contributed by atoms with Gasteiger partial charge in [-0.3, -0.25) is 14.8 Å². The molecule has 28 heavy (non-hydrogen) atoms. The number of pyridine rings is 2. The third-order valence-corrected chi connectivity index (χ3v) is 4.82. The topological polar surface area (TPSA) is 72.7 Å². The molecule has 0 aliphatic heterocycles. The maximum atomic E-state index is 13.2. The SMILES string of the molecule is CC(NC(=O)c1cncc2c1cnn2-c1ccc(F)cc1)c1cncc(Br)c1. The van der Waals surface area contributed by atoms with Crippen molar-refractivity contribution in [2.24, 2.45) is 0 Å². The van der Waals surface area contributed by atoms with Crippen LogP contribution in [0.5, 0.6) is 0 Å². The number of carbonyl (C=O) groups is 1. The van der Waals surface area contributed by atoms with Gasteiger partial charge in [0.05, 0.1) is 35.2 Å². The van der Waals surface area contributed by atoms with Crippen molar-refractivity contribution in [3.8, 4) is 5.69 Å². The number of carbonyl (C=O) groups excluding carboxylic acids is 1. The highest BCUT2D eigenvalue weighted by molar-refractivity contribution is 9.10. The Balaban J connectivity index is 1.65. The summed E-state index contributed by atoms with van der Waals surface area (Å²) in [6.07, 6.45) is 8.15. The van der Waals surface area contributed by atoms with Crippen LogP contribution in [-0.2, 0) is 0 Å². The van der Waals surface area contributed by atoms with Crippen LogP contribution in [0.3, 0.4) is 0 Å². The molecule has 140 valence electrons. The van der Waals surface area contributed by atoms with Crippen molar-refractivity contribution in [3.63, 3.8) is 0 Å². The normalized spacial score (nSPS) is 12.1. The fraction of sp³-hybridized carbons (Fsp3) is 0.100. The van der Waals surface area contributed by atoms with Crippen molar-refractivity contribution in [3.05, 3.63) is 82.7 Å². The van der Waals surface area contributed by atoms with E-state index >= 15 is 0 Å². The van der Waals surface area contributed by atoms with Gasteiger partial charge in [-0.15, -0.1) is 0 Å². The molecule has 4 rings (SSSR count).